The summed E-state index contributed by atoms with van der Waals surface area (Å²) in [6, 6.07) is 6.16. The molecule has 1 heterocycles. The summed E-state index contributed by atoms with van der Waals surface area (Å²) in [7, 11) is 0. The molecule has 2 rings (SSSR count). The van der Waals surface area contributed by atoms with Crippen molar-refractivity contribution in [2.45, 2.75) is 39.2 Å². The van der Waals surface area contributed by atoms with Gasteiger partial charge in [0, 0.05) is 12.8 Å². The van der Waals surface area contributed by atoms with E-state index >= 15 is 0 Å². The fourth-order valence-electron chi connectivity index (χ4n) is 2.43. The Morgan fingerprint density at radius 1 is 1.29 bits per heavy atom. The van der Waals surface area contributed by atoms with E-state index in [1.165, 1.54) is 0 Å². The molecule has 128 valence electrons. The second-order valence-corrected chi connectivity index (χ2v) is 6.01. The summed E-state index contributed by atoms with van der Waals surface area (Å²) >= 11 is 0. The third-order valence-electron chi connectivity index (χ3n) is 3.73. The number of rotatable bonds is 7. The molecular weight excluding hydrogens is 310 g/mol. The van der Waals surface area contributed by atoms with Gasteiger partial charge in [0.05, 0.1) is 10.9 Å². The van der Waals surface area contributed by atoms with Gasteiger partial charge in [0.1, 0.15) is 11.9 Å². The Hall–Kier alpha value is -2.70. The van der Waals surface area contributed by atoms with Crippen LogP contribution in [0.2, 0.25) is 0 Å². The van der Waals surface area contributed by atoms with Crippen LogP contribution in [0.25, 0.3) is 10.9 Å². The average molecular weight is 331 g/mol. The molecule has 0 fully saturated rings. The maximum atomic E-state index is 12.0. The number of carboxylic acid groups (broad SMARTS) is 1. The highest BCUT2D eigenvalue weighted by molar-refractivity contribution is 5.83. The predicted octanol–water partition coefficient (Wildman–Crippen LogP) is 1.47. The number of aliphatic carboxylic acids is 1. The maximum absolute atomic E-state index is 12.0. The topological polar surface area (TPSA) is 112 Å². The van der Waals surface area contributed by atoms with Crippen molar-refractivity contribution in [3.05, 3.63) is 40.4 Å². The van der Waals surface area contributed by atoms with Crippen LogP contribution >= 0.6 is 0 Å². The van der Waals surface area contributed by atoms with Crippen LogP contribution in [0.3, 0.4) is 0 Å². The minimum Gasteiger partial charge on any atom is -0.480 e. The average Bonchev–Trinajstić information content (AvgIpc) is 2.52. The first-order valence-electron chi connectivity index (χ1n) is 7.88. The summed E-state index contributed by atoms with van der Waals surface area (Å²) in [6.07, 6.45) is 1.08. The van der Waals surface area contributed by atoms with Crippen molar-refractivity contribution in [3.63, 3.8) is 0 Å². The molecule has 0 bridgehead atoms. The minimum atomic E-state index is -1.04. The van der Waals surface area contributed by atoms with E-state index < -0.39 is 12.0 Å². The van der Waals surface area contributed by atoms with Gasteiger partial charge in [-0.2, -0.15) is 0 Å². The van der Waals surface area contributed by atoms with Crippen LogP contribution in [0.4, 0.5) is 0 Å². The summed E-state index contributed by atoms with van der Waals surface area (Å²) in [5.74, 6) is -1.03. The van der Waals surface area contributed by atoms with Crippen molar-refractivity contribution in [2.75, 3.05) is 0 Å². The minimum absolute atomic E-state index is 0.174. The lowest BCUT2D eigenvalue weighted by Crippen LogP contribution is -2.44. The van der Waals surface area contributed by atoms with E-state index in [1.54, 1.807) is 32.0 Å². The van der Waals surface area contributed by atoms with Gasteiger partial charge in [0.15, 0.2) is 0 Å². The van der Waals surface area contributed by atoms with Gasteiger partial charge in [-0.15, -0.1) is 0 Å². The highest BCUT2D eigenvalue weighted by Gasteiger charge is 2.22. The van der Waals surface area contributed by atoms with Crippen LogP contribution in [0.1, 0.15) is 32.5 Å². The third-order valence-corrected chi connectivity index (χ3v) is 3.73. The number of para-hydroxylation sites is 1. The highest BCUT2D eigenvalue weighted by atomic mass is 16.4. The van der Waals surface area contributed by atoms with Crippen LogP contribution in [0.5, 0.6) is 0 Å². The van der Waals surface area contributed by atoms with Crippen LogP contribution in [-0.2, 0) is 16.0 Å². The standard InChI is InChI=1S/C17H21N3O4/c1-10(2)15(17(23)24)20-14(21)9-5-8-13-18-12-7-4-3-6-11(12)16(22)19-13/h3-4,6-7,10,15H,5,8-9H2,1-2H3,(H,20,21)(H,23,24)(H,18,19,22). The Kier molecular flexibility index (Phi) is 5.68. The Balaban J connectivity index is 1.93. The lowest BCUT2D eigenvalue weighted by molar-refractivity contribution is -0.143. The number of H-pyrrole nitrogens is 1. The van der Waals surface area contributed by atoms with Gasteiger partial charge in [-0.1, -0.05) is 26.0 Å². The van der Waals surface area contributed by atoms with Gasteiger partial charge in [-0.3, -0.25) is 9.59 Å². The SMILES string of the molecule is CC(C)C(NC(=O)CCCc1nc2ccccc2c(=O)[nH]1)C(=O)O. The van der Waals surface area contributed by atoms with Crippen molar-refractivity contribution in [1.82, 2.24) is 15.3 Å². The summed E-state index contributed by atoms with van der Waals surface area (Å²) in [5, 5.41) is 12.1. The van der Waals surface area contributed by atoms with Crippen molar-refractivity contribution in [1.29, 1.82) is 0 Å². The number of benzene rings is 1. The zero-order valence-corrected chi connectivity index (χ0v) is 13.7. The molecular formula is C17H21N3O4. The Bertz CT molecular complexity index is 798. The third kappa shape index (κ3) is 4.41. The number of nitrogens with one attached hydrogen (secondary N) is 2. The molecule has 0 spiro atoms. The summed E-state index contributed by atoms with van der Waals surface area (Å²) < 4.78 is 0. The van der Waals surface area contributed by atoms with Gasteiger partial charge < -0.3 is 15.4 Å². The number of carbonyl (C=O) groups excluding carboxylic acids is 1. The number of aromatic nitrogens is 2. The quantitative estimate of drug-likeness (QED) is 0.711. The second kappa shape index (κ2) is 7.72. The van der Waals surface area contributed by atoms with Crippen molar-refractivity contribution in [2.24, 2.45) is 5.92 Å². The molecule has 0 saturated carbocycles. The van der Waals surface area contributed by atoms with E-state index in [-0.39, 0.29) is 23.8 Å². The molecule has 1 aromatic heterocycles. The number of nitrogens with zero attached hydrogens (tertiary/aromatic N) is 1. The maximum Gasteiger partial charge on any atom is 0.326 e. The number of carbonyl (C=O) groups is 2. The first-order chi connectivity index (χ1) is 11.4. The van der Waals surface area contributed by atoms with Crippen molar-refractivity contribution in [3.8, 4) is 0 Å². The van der Waals surface area contributed by atoms with Crippen LogP contribution in [-0.4, -0.2) is 33.0 Å². The number of hydrogen-bond donors (Lipinski definition) is 3. The number of aromatic amines is 1. The highest BCUT2D eigenvalue weighted by Crippen LogP contribution is 2.08. The van der Waals surface area contributed by atoms with E-state index in [1.807, 2.05) is 6.07 Å². The molecule has 7 heteroatoms. The molecule has 1 unspecified atom stereocenters. The van der Waals surface area contributed by atoms with E-state index in [0.29, 0.717) is 29.6 Å². The van der Waals surface area contributed by atoms with E-state index in [9.17, 15) is 14.4 Å². The molecule has 7 nitrogen and oxygen atoms in total. The van der Waals surface area contributed by atoms with Gasteiger partial charge in [-0.05, 0) is 24.5 Å². The molecule has 0 radical (unpaired) electrons. The molecule has 1 amide bonds. The molecule has 1 atom stereocenters. The first kappa shape index (κ1) is 17.7. The largest absolute Gasteiger partial charge is 0.480 e. The van der Waals surface area contributed by atoms with Gasteiger partial charge >= 0.3 is 5.97 Å². The Labute approximate surface area is 139 Å². The number of carboxylic acids is 1. The molecule has 1 aromatic carbocycles. The smallest absolute Gasteiger partial charge is 0.326 e. The zero-order valence-electron chi connectivity index (χ0n) is 13.7. The van der Waals surface area contributed by atoms with Gasteiger partial charge in [-0.25, -0.2) is 9.78 Å². The van der Waals surface area contributed by atoms with Crippen LogP contribution in [0, 0.1) is 5.92 Å². The van der Waals surface area contributed by atoms with Crippen LogP contribution in [0.15, 0.2) is 29.1 Å². The zero-order chi connectivity index (χ0) is 17.7. The Morgan fingerprint density at radius 3 is 2.67 bits per heavy atom. The molecule has 24 heavy (non-hydrogen) atoms. The van der Waals surface area contributed by atoms with Gasteiger partial charge in [0.25, 0.3) is 5.56 Å². The predicted molar refractivity (Wildman–Crippen MR) is 89.7 cm³/mol. The molecule has 2 aromatic rings. The number of fused-ring (bicyclic) bond motifs is 1. The second-order valence-electron chi connectivity index (χ2n) is 6.01. The monoisotopic (exact) mass is 331 g/mol. The van der Waals surface area contributed by atoms with Crippen LogP contribution < -0.4 is 10.9 Å². The summed E-state index contributed by atoms with van der Waals surface area (Å²) in [6.45, 7) is 3.48. The van der Waals surface area contributed by atoms with Gasteiger partial charge in [0.2, 0.25) is 5.91 Å². The summed E-state index contributed by atoms with van der Waals surface area (Å²) in [4.78, 5) is 42.0. The Morgan fingerprint density at radius 2 is 2.00 bits per heavy atom. The lowest BCUT2D eigenvalue weighted by atomic mass is 10.0. The molecule has 0 aliphatic carbocycles. The fourth-order valence-corrected chi connectivity index (χ4v) is 2.43. The fraction of sp³-hybridized carbons (Fsp3) is 0.412. The first-order valence-corrected chi connectivity index (χ1v) is 7.88. The molecule has 0 aliphatic heterocycles. The number of aryl methyl sites for hydroxylation is 1. The van der Waals surface area contributed by atoms with E-state index in [0.717, 1.165) is 0 Å². The number of amides is 1. The van der Waals surface area contributed by atoms with E-state index in [4.69, 9.17) is 5.11 Å². The summed E-state index contributed by atoms with van der Waals surface area (Å²) in [5.41, 5.74) is 0.414. The molecule has 0 aliphatic rings. The van der Waals surface area contributed by atoms with Crippen molar-refractivity contribution >= 4 is 22.8 Å². The van der Waals surface area contributed by atoms with E-state index in [2.05, 4.69) is 15.3 Å². The molecule has 0 saturated heterocycles. The normalized spacial score (nSPS) is 12.3. The number of hydrogen-bond acceptors (Lipinski definition) is 4. The lowest BCUT2D eigenvalue weighted by Gasteiger charge is -2.17. The molecule has 3 N–H and O–H groups in total. The van der Waals surface area contributed by atoms with Crippen molar-refractivity contribution < 1.29 is 14.7 Å².